The topological polar surface area (TPSA) is 50.8 Å². The van der Waals surface area contributed by atoms with E-state index >= 15 is 0 Å². The first kappa shape index (κ1) is 22.2. The van der Waals surface area contributed by atoms with Crippen molar-refractivity contribution in [3.63, 3.8) is 0 Å². The van der Waals surface area contributed by atoms with Crippen LogP contribution in [0.3, 0.4) is 0 Å². The number of anilines is 1. The van der Waals surface area contributed by atoms with E-state index in [-0.39, 0.29) is 35.2 Å². The van der Waals surface area contributed by atoms with Crippen molar-refractivity contribution >= 4 is 23.2 Å². The van der Waals surface area contributed by atoms with Gasteiger partial charge in [0, 0.05) is 19.2 Å². The third-order valence-corrected chi connectivity index (χ3v) is 5.59. The highest BCUT2D eigenvalue weighted by atomic mass is 35.5. The second kappa shape index (κ2) is 8.73. The van der Waals surface area contributed by atoms with Gasteiger partial charge in [0.2, 0.25) is 5.91 Å². The third kappa shape index (κ3) is 4.34. The normalized spacial score (nSPS) is 19.5. The Morgan fingerprint density at radius 1 is 1.17 bits per heavy atom. The minimum absolute atomic E-state index is 0.0541. The summed E-state index contributed by atoms with van der Waals surface area (Å²) >= 11 is 6.08. The van der Waals surface area contributed by atoms with Gasteiger partial charge in [0.15, 0.2) is 5.41 Å². The maximum Gasteiger partial charge on any atom is 0.404 e. The molecule has 1 aliphatic rings. The van der Waals surface area contributed by atoms with Crippen molar-refractivity contribution in [2.24, 2.45) is 5.41 Å². The summed E-state index contributed by atoms with van der Waals surface area (Å²) < 4.78 is 52.6. The summed E-state index contributed by atoms with van der Waals surface area (Å²) in [5.41, 5.74) is -1.59. The lowest BCUT2D eigenvalue weighted by molar-refractivity contribution is -0.215. The van der Waals surface area contributed by atoms with Gasteiger partial charge in [-0.3, -0.25) is 9.69 Å². The number of halogens is 4. The number of nitrogens with one attached hydrogen (secondary N) is 1. The number of hydrogen-bond donors (Lipinski definition) is 1. The van der Waals surface area contributed by atoms with Crippen LogP contribution in [-0.2, 0) is 11.3 Å². The van der Waals surface area contributed by atoms with E-state index in [1.165, 1.54) is 26.4 Å². The first-order valence-corrected chi connectivity index (χ1v) is 9.64. The lowest BCUT2D eigenvalue weighted by atomic mass is 9.85. The fourth-order valence-corrected chi connectivity index (χ4v) is 3.85. The van der Waals surface area contributed by atoms with Crippen LogP contribution in [0, 0.1) is 5.41 Å². The Kier molecular flexibility index (Phi) is 6.47. The molecular formula is C21H22ClF3N2O3. The smallest absolute Gasteiger partial charge is 0.404 e. The summed E-state index contributed by atoms with van der Waals surface area (Å²) in [5.74, 6) is -0.696. The zero-order valence-corrected chi connectivity index (χ0v) is 17.3. The molecule has 2 aromatic rings. The summed E-state index contributed by atoms with van der Waals surface area (Å²) in [5, 5.41) is 2.52. The van der Waals surface area contributed by atoms with Crippen LogP contribution in [0.15, 0.2) is 42.5 Å². The maximum absolute atomic E-state index is 14.1. The average Bonchev–Trinajstić information content (AvgIpc) is 3.14. The number of amides is 1. The van der Waals surface area contributed by atoms with E-state index < -0.39 is 24.0 Å². The fourth-order valence-electron chi connectivity index (χ4n) is 3.61. The van der Waals surface area contributed by atoms with Crippen molar-refractivity contribution in [1.29, 1.82) is 0 Å². The van der Waals surface area contributed by atoms with E-state index in [9.17, 15) is 18.0 Å². The monoisotopic (exact) mass is 442 g/mol. The van der Waals surface area contributed by atoms with Crippen molar-refractivity contribution < 1.29 is 27.4 Å². The second-order valence-corrected chi connectivity index (χ2v) is 7.57. The molecular weight excluding hydrogens is 421 g/mol. The molecule has 30 heavy (non-hydrogen) atoms. The molecule has 9 heteroatoms. The summed E-state index contributed by atoms with van der Waals surface area (Å²) in [6, 6.07) is 11.9. The van der Waals surface area contributed by atoms with Gasteiger partial charge in [0.05, 0.1) is 24.9 Å². The Labute approximate surface area is 177 Å². The zero-order chi connectivity index (χ0) is 21.9. The van der Waals surface area contributed by atoms with Gasteiger partial charge in [-0.1, -0.05) is 41.9 Å². The first-order chi connectivity index (χ1) is 14.2. The highest BCUT2D eigenvalue weighted by Gasteiger charge is 2.63. The summed E-state index contributed by atoms with van der Waals surface area (Å²) in [4.78, 5) is 14.6. The molecule has 3 rings (SSSR count). The molecule has 1 aliphatic heterocycles. The molecule has 2 aromatic carbocycles. The van der Waals surface area contributed by atoms with E-state index in [4.69, 9.17) is 21.1 Å². The number of carbonyl (C=O) groups is 1. The number of methoxy groups -OCH3 is 2. The van der Waals surface area contributed by atoms with Gasteiger partial charge >= 0.3 is 6.18 Å². The third-order valence-electron chi connectivity index (χ3n) is 5.30. The quantitative estimate of drug-likeness (QED) is 0.701. The number of likely N-dealkylation sites (tertiary alicyclic amines) is 1. The molecule has 0 bridgehead atoms. The molecule has 1 heterocycles. The largest absolute Gasteiger partial charge is 0.495 e. The van der Waals surface area contributed by atoms with Gasteiger partial charge in [-0.15, -0.1) is 0 Å². The highest BCUT2D eigenvalue weighted by Crippen LogP contribution is 2.47. The Hall–Kier alpha value is -2.45. The van der Waals surface area contributed by atoms with Gasteiger partial charge < -0.3 is 14.8 Å². The van der Waals surface area contributed by atoms with Crippen molar-refractivity contribution in [3.8, 4) is 11.5 Å². The molecule has 0 spiro atoms. The number of hydrogen-bond acceptors (Lipinski definition) is 4. The van der Waals surface area contributed by atoms with Gasteiger partial charge in [-0.05, 0) is 24.6 Å². The minimum atomic E-state index is -4.72. The lowest BCUT2D eigenvalue weighted by Crippen LogP contribution is -2.50. The standard InChI is InChI=1S/C21H22ClF3N2O3/c1-29-17-11-18(30-2)16(10-15(17)22)26-19(28)20(21(23,24)25)8-9-27(13-20)12-14-6-4-3-5-7-14/h3-7,10-11H,8-9,12-13H2,1-2H3,(H,26,28). The van der Waals surface area contributed by atoms with E-state index in [1.54, 1.807) is 4.90 Å². The number of ether oxygens (including phenoxy) is 2. The van der Waals surface area contributed by atoms with Crippen molar-refractivity contribution in [2.75, 3.05) is 32.6 Å². The predicted molar refractivity (Wildman–Crippen MR) is 108 cm³/mol. The Bertz CT molecular complexity index is 908. The highest BCUT2D eigenvalue weighted by molar-refractivity contribution is 6.32. The Balaban J connectivity index is 1.85. The van der Waals surface area contributed by atoms with E-state index in [0.29, 0.717) is 6.54 Å². The van der Waals surface area contributed by atoms with Crippen LogP contribution in [0.5, 0.6) is 11.5 Å². The first-order valence-electron chi connectivity index (χ1n) is 9.26. The molecule has 1 unspecified atom stereocenters. The number of carbonyl (C=O) groups excluding carboxylic acids is 1. The van der Waals surface area contributed by atoms with E-state index in [2.05, 4.69) is 5.32 Å². The molecule has 1 saturated heterocycles. The molecule has 1 amide bonds. The van der Waals surface area contributed by atoms with Crippen molar-refractivity contribution in [2.45, 2.75) is 19.1 Å². The molecule has 0 saturated carbocycles. The van der Waals surface area contributed by atoms with Crippen LogP contribution >= 0.6 is 11.6 Å². The van der Waals surface area contributed by atoms with Crippen molar-refractivity contribution in [3.05, 3.63) is 53.1 Å². The number of benzene rings is 2. The van der Waals surface area contributed by atoms with Gasteiger partial charge in [0.1, 0.15) is 11.5 Å². The average molecular weight is 443 g/mol. The molecule has 0 aromatic heterocycles. The number of alkyl halides is 3. The van der Waals surface area contributed by atoms with Crippen LogP contribution in [0.25, 0.3) is 0 Å². The SMILES string of the molecule is COc1cc(OC)c(NC(=O)C2(C(F)(F)F)CCN(Cc3ccccc3)C2)cc1Cl. The number of rotatable bonds is 6. The Morgan fingerprint density at radius 2 is 1.83 bits per heavy atom. The minimum Gasteiger partial charge on any atom is -0.495 e. The molecule has 5 nitrogen and oxygen atoms in total. The summed E-state index contributed by atoms with van der Waals surface area (Å²) in [6.45, 7) is 0.0649. The molecule has 0 aliphatic carbocycles. The molecule has 1 atom stereocenters. The molecule has 0 radical (unpaired) electrons. The Morgan fingerprint density at radius 3 is 2.43 bits per heavy atom. The molecule has 162 valence electrons. The van der Waals surface area contributed by atoms with Crippen LogP contribution in [-0.4, -0.2) is 44.3 Å². The van der Waals surface area contributed by atoms with E-state index in [1.807, 2.05) is 30.3 Å². The lowest BCUT2D eigenvalue weighted by Gasteiger charge is -2.31. The van der Waals surface area contributed by atoms with E-state index in [0.717, 1.165) is 5.56 Å². The predicted octanol–water partition coefficient (Wildman–Crippen LogP) is 4.75. The second-order valence-electron chi connectivity index (χ2n) is 7.17. The summed E-state index contributed by atoms with van der Waals surface area (Å²) in [6.07, 6.45) is -5.05. The van der Waals surface area contributed by atoms with Gasteiger partial charge in [-0.25, -0.2) is 0 Å². The molecule has 1 N–H and O–H groups in total. The van der Waals surface area contributed by atoms with Crippen LogP contribution in [0.2, 0.25) is 5.02 Å². The van der Waals surface area contributed by atoms with Crippen LogP contribution in [0.4, 0.5) is 18.9 Å². The van der Waals surface area contributed by atoms with Crippen LogP contribution in [0.1, 0.15) is 12.0 Å². The maximum atomic E-state index is 14.1. The van der Waals surface area contributed by atoms with Gasteiger partial charge in [0.25, 0.3) is 0 Å². The van der Waals surface area contributed by atoms with Crippen molar-refractivity contribution in [1.82, 2.24) is 4.90 Å². The number of nitrogens with zero attached hydrogens (tertiary/aromatic N) is 1. The fraction of sp³-hybridized carbons (Fsp3) is 0.381. The van der Waals surface area contributed by atoms with Crippen LogP contribution < -0.4 is 14.8 Å². The zero-order valence-electron chi connectivity index (χ0n) is 16.6. The molecule has 1 fully saturated rings. The summed E-state index contributed by atoms with van der Waals surface area (Å²) in [7, 11) is 2.74. The van der Waals surface area contributed by atoms with Gasteiger partial charge in [-0.2, -0.15) is 13.2 Å².